The van der Waals surface area contributed by atoms with E-state index in [0.29, 0.717) is 31.5 Å². The monoisotopic (exact) mass is 574 g/mol. The molecule has 228 valence electrons. The molecule has 0 aliphatic heterocycles. The van der Waals surface area contributed by atoms with Crippen LogP contribution in [0, 0.1) is 33.5 Å². The van der Waals surface area contributed by atoms with E-state index in [1.807, 2.05) is 49.1 Å². The molecule has 3 saturated carbocycles. The molecular weight excluding hydrogens is 524 g/mol. The molecule has 0 radical (unpaired) electrons. The van der Waals surface area contributed by atoms with Gasteiger partial charge in [0.25, 0.3) is 0 Å². The molecule has 42 heavy (non-hydrogen) atoms. The molecule has 6 aliphatic carbocycles. The number of allylic oxidation sites excluding steroid dienone is 4. The molecule has 2 spiro atoms. The summed E-state index contributed by atoms with van der Waals surface area (Å²) in [6.45, 7) is 11.5. The molecular formula is C36H50N2O4. The summed E-state index contributed by atoms with van der Waals surface area (Å²) in [6.07, 6.45) is 13.0. The fourth-order valence-electron chi connectivity index (χ4n) is 10.5. The highest BCUT2D eigenvalue weighted by molar-refractivity contribution is 6.10. The number of ketones is 1. The van der Waals surface area contributed by atoms with Crippen LogP contribution < -0.4 is 5.32 Å². The van der Waals surface area contributed by atoms with Gasteiger partial charge in [-0.2, -0.15) is 0 Å². The lowest BCUT2D eigenvalue weighted by Gasteiger charge is -2.71. The van der Waals surface area contributed by atoms with Gasteiger partial charge in [-0.25, -0.2) is 4.79 Å². The van der Waals surface area contributed by atoms with Gasteiger partial charge in [0.1, 0.15) is 0 Å². The first-order chi connectivity index (χ1) is 19.9. The van der Waals surface area contributed by atoms with E-state index in [9.17, 15) is 19.8 Å². The van der Waals surface area contributed by atoms with Crippen molar-refractivity contribution in [1.82, 2.24) is 10.2 Å². The molecule has 0 aromatic heterocycles. The molecule has 6 aliphatic rings. The molecule has 1 aromatic rings. The summed E-state index contributed by atoms with van der Waals surface area (Å²) >= 11 is 0. The normalized spacial score (nSPS) is 41.5. The number of aliphatic hydroxyl groups is 2. The molecule has 6 nitrogen and oxygen atoms in total. The molecule has 2 amide bonds. The molecule has 0 saturated heterocycles. The summed E-state index contributed by atoms with van der Waals surface area (Å²) in [6, 6.07) is 9.53. The topological polar surface area (TPSA) is 89.9 Å². The lowest BCUT2D eigenvalue weighted by molar-refractivity contribution is -0.174. The molecule has 1 aromatic carbocycles. The second kappa shape index (κ2) is 10.1. The van der Waals surface area contributed by atoms with Crippen LogP contribution in [0.2, 0.25) is 0 Å². The van der Waals surface area contributed by atoms with Crippen molar-refractivity contribution >= 4 is 11.8 Å². The Morgan fingerprint density at radius 2 is 1.67 bits per heavy atom. The number of aliphatic hydroxyl groups excluding tert-OH is 1. The average Bonchev–Trinajstić information content (AvgIpc) is 3.22. The Hall–Kier alpha value is -2.44. The standard InChI is InChI=1S/C36H50N2O4/c1-6-20-38(31(41)37-24(2)3)23-35(42)17-14-29-33(35,5)16-13-28-32(4)15-12-26(39)21-34(32)18-19-36(28,29)27(22-34)30(40)25-10-8-7-9-11-25/h7-11,18-19,22,24,26,28-29,39,42H,6,12-17,20-21,23H2,1-5H3,(H,37,41). The Kier molecular flexibility index (Phi) is 7.09. The average molecular weight is 575 g/mol. The maximum absolute atomic E-state index is 14.5. The number of nitrogens with one attached hydrogen (secondary N) is 1. The first kappa shape index (κ1) is 29.6. The summed E-state index contributed by atoms with van der Waals surface area (Å²) in [5.74, 6) is 0.407. The third-order valence-corrected chi connectivity index (χ3v) is 12.6. The predicted molar refractivity (Wildman–Crippen MR) is 165 cm³/mol. The van der Waals surface area contributed by atoms with Gasteiger partial charge in [-0.05, 0) is 82.5 Å². The van der Waals surface area contributed by atoms with E-state index in [4.69, 9.17) is 0 Å². The summed E-state index contributed by atoms with van der Waals surface area (Å²) in [5.41, 5.74) is -0.829. The van der Waals surface area contributed by atoms with Crippen LogP contribution in [0.3, 0.4) is 0 Å². The molecule has 3 N–H and O–H groups in total. The maximum atomic E-state index is 14.5. The van der Waals surface area contributed by atoms with Crippen molar-refractivity contribution in [2.24, 2.45) is 33.5 Å². The van der Waals surface area contributed by atoms with Crippen LogP contribution in [0.5, 0.6) is 0 Å². The Labute approximate surface area is 251 Å². The largest absolute Gasteiger partial charge is 0.393 e. The van der Waals surface area contributed by atoms with Crippen LogP contribution in [0.15, 0.2) is 54.1 Å². The number of amides is 2. The fraction of sp³-hybridized carbons (Fsp3) is 0.667. The van der Waals surface area contributed by atoms with Gasteiger partial charge in [0.2, 0.25) is 0 Å². The number of hydrogen-bond donors (Lipinski definition) is 3. The molecule has 0 heterocycles. The van der Waals surface area contributed by atoms with E-state index in [-0.39, 0.29) is 46.6 Å². The number of benzene rings is 1. The second-order valence-corrected chi connectivity index (χ2v) is 15.0. The number of nitrogens with zero attached hydrogens (tertiary/aromatic N) is 1. The molecule has 7 rings (SSSR count). The highest BCUT2D eigenvalue weighted by Gasteiger charge is 2.74. The van der Waals surface area contributed by atoms with Gasteiger partial charge < -0.3 is 20.4 Å². The third-order valence-electron chi connectivity index (χ3n) is 12.6. The van der Waals surface area contributed by atoms with Crippen LogP contribution in [0.25, 0.3) is 0 Å². The molecule has 3 fully saturated rings. The number of carbonyl (C=O) groups excluding carboxylic acids is 2. The van der Waals surface area contributed by atoms with Crippen molar-refractivity contribution < 1.29 is 19.8 Å². The lowest BCUT2D eigenvalue weighted by atomic mass is 9.32. The van der Waals surface area contributed by atoms with Gasteiger partial charge >= 0.3 is 6.03 Å². The molecule has 6 heteroatoms. The summed E-state index contributed by atoms with van der Waals surface area (Å²) in [5, 5.41) is 26.6. The molecule has 8 unspecified atom stereocenters. The van der Waals surface area contributed by atoms with Crippen molar-refractivity contribution in [3.63, 3.8) is 0 Å². The minimum Gasteiger partial charge on any atom is -0.393 e. The number of rotatable bonds is 7. The van der Waals surface area contributed by atoms with Crippen molar-refractivity contribution in [2.45, 2.75) is 104 Å². The van der Waals surface area contributed by atoms with Crippen LogP contribution in [-0.4, -0.2) is 57.8 Å². The van der Waals surface area contributed by atoms with E-state index in [1.165, 1.54) is 0 Å². The van der Waals surface area contributed by atoms with Crippen LogP contribution in [0.1, 0.15) is 96.3 Å². The number of Topliss-reactive ketones (excluding diaryl/α,β-unsaturated/α-hetero) is 1. The van der Waals surface area contributed by atoms with Gasteiger partial charge in [0.05, 0.1) is 18.2 Å². The van der Waals surface area contributed by atoms with Crippen molar-refractivity contribution in [3.05, 3.63) is 59.7 Å². The Bertz CT molecular complexity index is 1310. The first-order valence-corrected chi connectivity index (χ1v) is 16.4. The fourth-order valence-corrected chi connectivity index (χ4v) is 10.5. The number of fused-ring (bicyclic) bond motifs is 1. The van der Waals surface area contributed by atoms with Crippen molar-refractivity contribution in [3.8, 4) is 0 Å². The van der Waals surface area contributed by atoms with Gasteiger partial charge in [-0.1, -0.05) is 69.3 Å². The minimum absolute atomic E-state index is 0.0223. The lowest BCUT2D eigenvalue weighted by Crippen LogP contribution is -2.67. The van der Waals surface area contributed by atoms with E-state index in [2.05, 4.69) is 44.3 Å². The Balaban J connectivity index is 1.45. The SMILES string of the molecule is CCCN(CC1(O)CCC2C34C=CC5(C=C3C(=O)c3ccccc3)CC(O)CCC5(C)C4CCC21C)C(=O)NC(C)C. The maximum Gasteiger partial charge on any atom is 0.317 e. The zero-order chi connectivity index (χ0) is 30.1. The van der Waals surface area contributed by atoms with Crippen LogP contribution in [0.4, 0.5) is 4.79 Å². The van der Waals surface area contributed by atoms with Gasteiger partial charge in [0, 0.05) is 40.0 Å². The van der Waals surface area contributed by atoms with Crippen molar-refractivity contribution in [2.75, 3.05) is 13.1 Å². The van der Waals surface area contributed by atoms with E-state index < -0.39 is 16.4 Å². The van der Waals surface area contributed by atoms with Crippen LogP contribution >= 0.6 is 0 Å². The van der Waals surface area contributed by atoms with Gasteiger partial charge in [-0.15, -0.1) is 0 Å². The van der Waals surface area contributed by atoms with Crippen molar-refractivity contribution in [1.29, 1.82) is 0 Å². The summed E-state index contributed by atoms with van der Waals surface area (Å²) < 4.78 is 0. The van der Waals surface area contributed by atoms with E-state index in [1.54, 1.807) is 0 Å². The zero-order valence-corrected chi connectivity index (χ0v) is 26.2. The number of urea groups is 1. The smallest absolute Gasteiger partial charge is 0.317 e. The predicted octanol–water partition coefficient (Wildman–Crippen LogP) is 6.29. The van der Waals surface area contributed by atoms with Gasteiger partial charge in [0.15, 0.2) is 5.78 Å². The first-order valence-electron chi connectivity index (χ1n) is 16.4. The quantitative estimate of drug-likeness (QED) is 0.264. The third kappa shape index (κ3) is 3.96. The highest BCUT2D eigenvalue weighted by atomic mass is 16.3. The summed E-state index contributed by atoms with van der Waals surface area (Å²) in [7, 11) is 0. The summed E-state index contributed by atoms with van der Waals surface area (Å²) in [4.78, 5) is 29.6. The number of carbonyl (C=O) groups is 2. The molecule has 2 bridgehead atoms. The van der Waals surface area contributed by atoms with E-state index in [0.717, 1.165) is 44.1 Å². The second-order valence-electron chi connectivity index (χ2n) is 15.0. The Morgan fingerprint density at radius 3 is 2.36 bits per heavy atom. The molecule has 8 atom stereocenters. The Morgan fingerprint density at radius 1 is 1.00 bits per heavy atom. The highest BCUT2D eigenvalue weighted by Crippen LogP contribution is 2.78. The van der Waals surface area contributed by atoms with E-state index >= 15 is 0 Å². The minimum atomic E-state index is -1.05. The zero-order valence-electron chi connectivity index (χ0n) is 26.2. The van der Waals surface area contributed by atoms with Gasteiger partial charge in [-0.3, -0.25) is 4.79 Å². The van der Waals surface area contributed by atoms with Crippen LogP contribution in [-0.2, 0) is 0 Å². The number of hydrogen-bond acceptors (Lipinski definition) is 4.